The van der Waals surface area contributed by atoms with Gasteiger partial charge in [-0.25, -0.2) is 19.2 Å². The number of unbranched alkanes of at least 4 members (excludes halogenated alkanes) is 2. The fourth-order valence-electron chi connectivity index (χ4n) is 3.83. The number of carbonyl (C=O) groups excluding carboxylic acids is 2. The number of esters is 1. The monoisotopic (exact) mass is 541 g/mol. The van der Waals surface area contributed by atoms with E-state index in [1.807, 2.05) is 13.8 Å². The molecule has 3 N–H and O–H groups in total. The first-order chi connectivity index (χ1) is 17.8. The van der Waals surface area contributed by atoms with Crippen molar-refractivity contribution in [1.82, 2.24) is 25.2 Å². The molecule has 214 valence electrons. The normalized spacial score (nSPS) is 18.3. The summed E-state index contributed by atoms with van der Waals surface area (Å²) in [6, 6.07) is -1.92. The first kappa shape index (κ1) is 30.8. The summed E-state index contributed by atoms with van der Waals surface area (Å²) in [5.74, 6) is -1.86. The molecule has 2 amide bonds. The van der Waals surface area contributed by atoms with Gasteiger partial charge in [0.15, 0.2) is 0 Å². The third kappa shape index (κ3) is 10.1. The zero-order valence-electron chi connectivity index (χ0n) is 22.6. The Morgan fingerprint density at radius 1 is 1.16 bits per heavy atom. The molecule has 1 aromatic rings. The van der Waals surface area contributed by atoms with Crippen molar-refractivity contribution in [3.8, 4) is 0 Å². The van der Waals surface area contributed by atoms with Gasteiger partial charge in [0.25, 0.3) is 0 Å². The maximum absolute atomic E-state index is 12.3. The lowest BCUT2D eigenvalue weighted by atomic mass is 10.0. The van der Waals surface area contributed by atoms with E-state index in [1.54, 1.807) is 31.6 Å². The molecule has 1 aliphatic heterocycles. The number of nitrogens with zero attached hydrogens (tertiary/aromatic N) is 4. The van der Waals surface area contributed by atoms with Gasteiger partial charge in [0.2, 0.25) is 0 Å². The Bertz CT molecular complexity index is 937. The van der Waals surface area contributed by atoms with Gasteiger partial charge in [-0.3, -0.25) is 9.58 Å². The highest BCUT2D eigenvalue weighted by Gasteiger charge is 2.40. The second-order valence-electron chi connectivity index (χ2n) is 10.5. The molecule has 0 aromatic carbocycles. The highest BCUT2D eigenvalue weighted by molar-refractivity contribution is 5.82. The molecule has 0 unspecified atom stereocenters. The molecular formula is C24H39N5O9. The van der Waals surface area contributed by atoms with Crippen LogP contribution in [-0.4, -0.2) is 91.2 Å². The summed E-state index contributed by atoms with van der Waals surface area (Å²) in [6.45, 7) is 9.78. The average molecular weight is 542 g/mol. The molecule has 1 fully saturated rings. The summed E-state index contributed by atoms with van der Waals surface area (Å²) in [7, 11) is 0. The molecule has 1 aromatic heterocycles. The Hall–Kier alpha value is -3.42. The van der Waals surface area contributed by atoms with Gasteiger partial charge in [0.1, 0.15) is 23.4 Å². The molecule has 38 heavy (non-hydrogen) atoms. The second kappa shape index (κ2) is 13.9. The molecular weight excluding hydrogens is 502 g/mol. The molecule has 14 heteroatoms. The molecule has 14 nitrogen and oxygen atoms in total. The smallest absolute Gasteiger partial charge is 0.408 e. The van der Waals surface area contributed by atoms with Crippen molar-refractivity contribution in [2.45, 2.75) is 97.2 Å². The number of aliphatic carboxylic acids is 1. The molecule has 1 aliphatic rings. The largest absolute Gasteiger partial charge is 0.480 e. The maximum Gasteiger partial charge on any atom is 0.408 e. The van der Waals surface area contributed by atoms with E-state index in [0.29, 0.717) is 18.7 Å². The number of carbonyl (C=O) groups is 4. The minimum atomic E-state index is -1.29. The van der Waals surface area contributed by atoms with Crippen LogP contribution < -0.4 is 5.32 Å². The summed E-state index contributed by atoms with van der Waals surface area (Å²) in [5, 5.41) is 29.0. The van der Waals surface area contributed by atoms with Crippen LogP contribution in [0.15, 0.2) is 6.20 Å². The lowest BCUT2D eigenvalue weighted by Gasteiger charge is -2.26. The number of amides is 2. The fourth-order valence-corrected chi connectivity index (χ4v) is 3.83. The molecule has 2 heterocycles. The van der Waals surface area contributed by atoms with Crippen LogP contribution in [0.4, 0.5) is 9.59 Å². The van der Waals surface area contributed by atoms with Gasteiger partial charge in [-0.2, -0.15) is 0 Å². The van der Waals surface area contributed by atoms with Crippen LogP contribution in [0.5, 0.6) is 0 Å². The zero-order chi connectivity index (χ0) is 28.5. The molecule has 2 rings (SSSR count). The van der Waals surface area contributed by atoms with Gasteiger partial charge >= 0.3 is 24.1 Å². The predicted octanol–water partition coefficient (Wildman–Crippen LogP) is 2.26. The van der Waals surface area contributed by atoms with Crippen LogP contribution in [0.1, 0.15) is 66.0 Å². The number of hydrogen-bond acceptors (Lipinski definition) is 9. The summed E-state index contributed by atoms with van der Waals surface area (Å²) in [5.41, 5.74) is -0.102. The van der Waals surface area contributed by atoms with E-state index in [1.165, 1.54) is 0 Å². The number of carboxylic acids is 1. The maximum atomic E-state index is 12.3. The van der Waals surface area contributed by atoms with Crippen LogP contribution in [0.3, 0.4) is 0 Å². The average Bonchev–Trinajstić information content (AvgIpc) is 3.44. The van der Waals surface area contributed by atoms with Gasteiger partial charge < -0.3 is 29.7 Å². The first-order valence-corrected chi connectivity index (χ1v) is 12.7. The van der Waals surface area contributed by atoms with Crippen molar-refractivity contribution in [3.05, 3.63) is 11.9 Å². The van der Waals surface area contributed by atoms with Crippen LogP contribution in [0.2, 0.25) is 0 Å². The number of likely N-dealkylation sites (tertiary alicyclic amines) is 1. The Morgan fingerprint density at radius 2 is 1.87 bits per heavy atom. The summed E-state index contributed by atoms with van der Waals surface area (Å²) in [6.07, 6.45) is 1.46. The number of rotatable bonds is 13. The lowest BCUT2D eigenvalue weighted by Crippen LogP contribution is -2.47. The Kier molecular flexibility index (Phi) is 11.3. The first-order valence-electron chi connectivity index (χ1n) is 12.7. The Balaban J connectivity index is 1.64. The molecule has 0 spiro atoms. The minimum Gasteiger partial charge on any atom is -0.480 e. The number of nitrogens with one attached hydrogen (secondary N) is 1. The van der Waals surface area contributed by atoms with Crippen LogP contribution >= 0.6 is 0 Å². The van der Waals surface area contributed by atoms with Crippen LogP contribution in [0, 0.1) is 5.92 Å². The van der Waals surface area contributed by atoms with Gasteiger partial charge in [-0.05, 0) is 46.0 Å². The van der Waals surface area contributed by atoms with Crippen molar-refractivity contribution < 1.29 is 43.6 Å². The number of ether oxygens (including phenoxy) is 3. The van der Waals surface area contributed by atoms with Crippen molar-refractivity contribution in [2.75, 3.05) is 13.2 Å². The van der Waals surface area contributed by atoms with Gasteiger partial charge in [0, 0.05) is 13.0 Å². The molecule has 0 saturated carbocycles. The SMILES string of the molecule is CC(C)[C@H](NC(=O)OCCCCCn1cc(CO[C@@H]2C[C@@H](C(=O)O)N(C(=O)O)C2)nn1)C(=O)OC(C)(C)C. The number of hydrogen-bond donors (Lipinski definition) is 3. The van der Waals surface area contributed by atoms with Gasteiger partial charge in [0.05, 0.1) is 32.1 Å². The highest BCUT2D eigenvalue weighted by Crippen LogP contribution is 2.21. The number of carboxylic acid groups (broad SMARTS) is 2. The predicted molar refractivity (Wildman–Crippen MR) is 132 cm³/mol. The molecule has 0 bridgehead atoms. The van der Waals surface area contributed by atoms with Crippen LogP contribution in [0.25, 0.3) is 0 Å². The fraction of sp³-hybridized carbons (Fsp3) is 0.750. The topological polar surface area (TPSA) is 182 Å². The van der Waals surface area contributed by atoms with E-state index >= 15 is 0 Å². The quantitative estimate of drug-likeness (QED) is 0.246. The summed E-state index contributed by atoms with van der Waals surface area (Å²) >= 11 is 0. The van der Waals surface area contributed by atoms with Crippen LogP contribution in [-0.2, 0) is 37.0 Å². The number of aromatic nitrogens is 3. The zero-order valence-corrected chi connectivity index (χ0v) is 22.6. The highest BCUT2D eigenvalue weighted by atomic mass is 16.6. The summed E-state index contributed by atoms with van der Waals surface area (Å²) < 4.78 is 17.9. The van der Waals surface area contributed by atoms with Crippen molar-refractivity contribution in [2.24, 2.45) is 5.92 Å². The molecule has 0 radical (unpaired) electrons. The molecule has 0 aliphatic carbocycles. The van der Waals surface area contributed by atoms with E-state index < -0.39 is 47.9 Å². The summed E-state index contributed by atoms with van der Waals surface area (Å²) in [4.78, 5) is 47.7. The Labute approximate surface area is 221 Å². The minimum absolute atomic E-state index is 0.0142. The van der Waals surface area contributed by atoms with Crippen molar-refractivity contribution >= 4 is 24.1 Å². The van der Waals surface area contributed by atoms with E-state index in [0.717, 1.165) is 17.7 Å². The standard InChI is InChI=1S/C24H39N5O9/c1-15(2)19(21(32)38-24(3,4)5)25-22(33)36-10-8-6-7-9-28-12-16(26-27-28)14-37-17-11-18(20(30)31)29(13-17)23(34)35/h12,15,17-19H,6-11,13-14H2,1-5H3,(H,25,33)(H,30,31)(H,34,35)/t17-,18+,19+/m1/s1. The lowest BCUT2D eigenvalue weighted by molar-refractivity contribution is -0.158. The van der Waals surface area contributed by atoms with E-state index in [2.05, 4.69) is 15.6 Å². The van der Waals surface area contributed by atoms with E-state index in [-0.39, 0.29) is 32.1 Å². The van der Waals surface area contributed by atoms with Crippen molar-refractivity contribution in [1.29, 1.82) is 0 Å². The van der Waals surface area contributed by atoms with Gasteiger partial charge in [-0.15, -0.1) is 5.10 Å². The van der Waals surface area contributed by atoms with Crippen molar-refractivity contribution in [3.63, 3.8) is 0 Å². The van der Waals surface area contributed by atoms with E-state index in [9.17, 15) is 24.3 Å². The Morgan fingerprint density at radius 3 is 2.45 bits per heavy atom. The van der Waals surface area contributed by atoms with Gasteiger partial charge in [-0.1, -0.05) is 19.1 Å². The van der Waals surface area contributed by atoms with E-state index in [4.69, 9.17) is 19.3 Å². The third-order valence-corrected chi connectivity index (χ3v) is 5.71. The second-order valence-corrected chi connectivity index (χ2v) is 10.5. The third-order valence-electron chi connectivity index (χ3n) is 5.71. The molecule has 3 atom stereocenters. The number of alkyl carbamates (subject to hydrolysis) is 1. The number of aryl methyl sites for hydroxylation is 1. The molecule has 1 saturated heterocycles.